The second-order valence-electron chi connectivity index (χ2n) is 10.2. The van der Waals surface area contributed by atoms with E-state index in [1.54, 1.807) is 16.1 Å². The highest BCUT2D eigenvalue weighted by Crippen LogP contribution is 2.26. The maximum absolute atomic E-state index is 13.1. The molecular formula is C29H31N5O5S. The fourth-order valence-corrected chi connectivity index (χ4v) is 6.85. The number of fused-ring (bicyclic) bond motifs is 1. The predicted octanol–water partition coefficient (Wildman–Crippen LogP) is 3.71. The molecule has 6 rings (SSSR count). The molecule has 3 heterocycles. The van der Waals surface area contributed by atoms with Crippen molar-refractivity contribution in [2.75, 3.05) is 49.9 Å². The molecule has 0 N–H and O–H groups in total. The number of piperazine rings is 1. The number of carbonyl (C=O) groups is 1. The summed E-state index contributed by atoms with van der Waals surface area (Å²) in [5.41, 5.74) is 2.58. The van der Waals surface area contributed by atoms with Crippen LogP contribution in [0.2, 0.25) is 0 Å². The molecule has 4 aromatic rings. The molecule has 2 aliphatic rings. The van der Waals surface area contributed by atoms with Crippen molar-refractivity contribution in [2.24, 2.45) is 0 Å². The van der Waals surface area contributed by atoms with E-state index in [4.69, 9.17) is 9.26 Å². The van der Waals surface area contributed by atoms with Gasteiger partial charge in [0, 0.05) is 50.9 Å². The maximum atomic E-state index is 13.1. The SMILES string of the molecule is Cc1nc(-c2ccc(N3CC(CN4CCN(S(=O)(=O)CCc5cccc6ccccc56)CC4)OC3=O)cc2)no1. The minimum absolute atomic E-state index is 0.0846. The molecule has 1 aromatic heterocycles. The lowest BCUT2D eigenvalue weighted by atomic mass is 10.0. The van der Waals surface area contributed by atoms with E-state index in [1.165, 1.54) is 0 Å². The third kappa shape index (κ3) is 5.58. The summed E-state index contributed by atoms with van der Waals surface area (Å²) < 4.78 is 38.5. The van der Waals surface area contributed by atoms with Gasteiger partial charge in [0.25, 0.3) is 0 Å². The molecule has 2 saturated heterocycles. The number of nitrogens with zero attached hydrogens (tertiary/aromatic N) is 5. The van der Waals surface area contributed by atoms with Gasteiger partial charge in [-0.2, -0.15) is 9.29 Å². The van der Waals surface area contributed by atoms with Gasteiger partial charge in [0.05, 0.1) is 12.3 Å². The van der Waals surface area contributed by atoms with Gasteiger partial charge >= 0.3 is 6.09 Å². The summed E-state index contributed by atoms with van der Waals surface area (Å²) in [4.78, 5) is 20.6. The maximum Gasteiger partial charge on any atom is 0.414 e. The van der Waals surface area contributed by atoms with Crippen LogP contribution in [0.3, 0.4) is 0 Å². The van der Waals surface area contributed by atoms with Gasteiger partial charge in [0.15, 0.2) is 0 Å². The smallest absolute Gasteiger partial charge is 0.414 e. The largest absolute Gasteiger partial charge is 0.443 e. The molecule has 11 heteroatoms. The normalized spacial score (nSPS) is 18.9. The van der Waals surface area contributed by atoms with Crippen LogP contribution in [-0.2, 0) is 21.2 Å². The first-order valence-electron chi connectivity index (χ1n) is 13.4. The molecule has 2 fully saturated rings. The van der Waals surface area contributed by atoms with E-state index in [1.807, 2.05) is 66.7 Å². The van der Waals surface area contributed by atoms with Gasteiger partial charge in [0.2, 0.25) is 21.7 Å². The first kappa shape index (κ1) is 26.4. The van der Waals surface area contributed by atoms with Crippen LogP contribution in [0, 0.1) is 6.92 Å². The number of rotatable bonds is 8. The van der Waals surface area contributed by atoms with Crippen molar-refractivity contribution in [3.8, 4) is 11.4 Å². The molecule has 0 radical (unpaired) electrons. The number of aryl methyl sites for hydroxylation is 2. The van der Waals surface area contributed by atoms with Gasteiger partial charge in [-0.25, -0.2) is 13.2 Å². The van der Waals surface area contributed by atoms with Crippen LogP contribution >= 0.6 is 0 Å². The highest BCUT2D eigenvalue weighted by molar-refractivity contribution is 7.89. The van der Waals surface area contributed by atoms with E-state index in [-0.39, 0.29) is 18.0 Å². The number of cyclic esters (lactones) is 1. The van der Waals surface area contributed by atoms with Crippen LogP contribution in [-0.4, -0.2) is 85.0 Å². The fraction of sp³-hybridized carbons (Fsp3) is 0.345. The van der Waals surface area contributed by atoms with Crippen molar-refractivity contribution >= 4 is 32.6 Å². The summed E-state index contributed by atoms with van der Waals surface area (Å²) in [5, 5.41) is 6.14. The van der Waals surface area contributed by atoms with Gasteiger partial charge in [-0.05, 0) is 47.0 Å². The average Bonchev–Trinajstić information content (AvgIpc) is 3.57. The van der Waals surface area contributed by atoms with Crippen molar-refractivity contribution in [1.82, 2.24) is 19.3 Å². The minimum atomic E-state index is -3.38. The lowest BCUT2D eigenvalue weighted by molar-refractivity contribution is 0.0937. The fourth-order valence-electron chi connectivity index (χ4n) is 5.39. The van der Waals surface area contributed by atoms with Crippen LogP contribution in [0.4, 0.5) is 10.5 Å². The number of ether oxygens (including phenoxy) is 1. The molecule has 0 bridgehead atoms. The van der Waals surface area contributed by atoms with E-state index in [0.717, 1.165) is 27.6 Å². The van der Waals surface area contributed by atoms with Gasteiger partial charge in [-0.1, -0.05) is 47.6 Å². The Hall–Kier alpha value is -3.80. The topological polar surface area (TPSA) is 109 Å². The highest BCUT2D eigenvalue weighted by atomic mass is 32.2. The van der Waals surface area contributed by atoms with Gasteiger partial charge < -0.3 is 9.26 Å². The standard InChI is InChI=1S/C29H31N5O5S/c1-21-30-28(31-39-21)24-9-11-25(12-10-24)34-20-26(38-29(34)35)19-32-14-16-33(17-15-32)40(36,37)18-13-23-7-4-6-22-5-2-3-8-27(22)23/h2-12,26H,13-20H2,1H3. The van der Waals surface area contributed by atoms with Crippen LogP contribution in [0.5, 0.6) is 0 Å². The lowest BCUT2D eigenvalue weighted by Gasteiger charge is -2.34. The molecule has 3 aromatic carbocycles. The molecule has 1 amide bonds. The van der Waals surface area contributed by atoms with E-state index >= 15 is 0 Å². The molecule has 0 spiro atoms. The third-order valence-corrected chi connectivity index (χ3v) is 9.41. The molecule has 1 unspecified atom stereocenters. The number of aromatic nitrogens is 2. The summed E-state index contributed by atoms with van der Waals surface area (Å²) >= 11 is 0. The van der Waals surface area contributed by atoms with Crippen molar-refractivity contribution in [3.63, 3.8) is 0 Å². The minimum Gasteiger partial charge on any atom is -0.443 e. The second kappa shape index (κ2) is 11.0. The van der Waals surface area contributed by atoms with Crippen molar-refractivity contribution in [2.45, 2.75) is 19.4 Å². The van der Waals surface area contributed by atoms with Crippen molar-refractivity contribution < 1.29 is 22.5 Å². The Balaban J connectivity index is 1.00. The predicted molar refractivity (Wildman–Crippen MR) is 152 cm³/mol. The average molecular weight is 562 g/mol. The quantitative estimate of drug-likeness (QED) is 0.320. The molecule has 40 heavy (non-hydrogen) atoms. The number of carbonyl (C=O) groups excluding carboxylic acids is 1. The van der Waals surface area contributed by atoms with E-state index in [2.05, 4.69) is 15.0 Å². The first-order valence-corrected chi connectivity index (χ1v) is 15.0. The van der Waals surface area contributed by atoms with Crippen LogP contribution in [0.25, 0.3) is 22.2 Å². The number of benzene rings is 3. The van der Waals surface area contributed by atoms with E-state index in [9.17, 15) is 13.2 Å². The molecule has 10 nitrogen and oxygen atoms in total. The number of sulfonamides is 1. The summed E-state index contributed by atoms with van der Waals surface area (Å²) in [6, 6.07) is 21.5. The van der Waals surface area contributed by atoms with Crippen molar-refractivity contribution in [1.29, 1.82) is 0 Å². The molecular weight excluding hydrogens is 530 g/mol. The summed E-state index contributed by atoms with van der Waals surface area (Å²) in [7, 11) is -3.38. The number of hydrogen-bond acceptors (Lipinski definition) is 8. The Labute approximate surface area is 233 Å². The molecule has 1 atom stereocenters. The van der Waals surface area contributed by atoms with Gasteiger partial charge in [-0.15, -0.1) is 0 Å². The highest BCUT2D eigenvalue weighted by Gasteiger charge is 2.35. The van der Waals surface area contributed by atoms with Gasteiger partial charge in [0.1, 0.15) is 6.10 Å². The van der Waals surface area contributed by atoms with E-state index in [0.29, 0.717) is 57.4 Å². The zero-order chi connectivity index (χ0) is 27.7. The zero-order valence-corrected chi connectivity index (χ0v) is 23.1. The Kier molecular flexibility index (Phi) is 7.26. The Morgan fingerprint density at radius 2 is 1.70 bits per heavy atom. The monoisotopic (exact) mass is 561 g/mol. The van der Waals surface area contributed by atoms with E-state index < -0.39 is 10.0 Å². The van der Waals surface area contributed by atoms with Gasteiger partial charge in [-0.3, -0.25) is 9.80 Å². The first-order chi connectivity index (χ1) is 19.4. The molecule has 0 saturated carbocycles. The summed E-state index contributed by atoms with van der Waals surface area (Å²) in [6.07, 6.45) is -0.197. The Morgan fingerprint density at radius 1 is 0.950 bits per heavy atom. The second-order valence-corrected chi connectivity index (χ2v) is 12.3. The molecule has 0 aliphatic carbocycles. The summed E-state index contributed by atoms with van der Waals surface area (Å²) in [5.74, 6) is 1.08. The van der Waals surface area contributed by atoms with Crippen LogP contribution < -0.4 is 4.90 Å². The zero-order valence-electron chi connectivity index (χ0n) is 22.3. The molecule has 208 valence electrons. The third-order valence-electron chi connectivity index (χ3n) is 7.53. The number of anilines is 1. The van der Waals surface area contributed by atoms with Crippen molar-refractivity contribution in [3.05, 3.63) is 78.2 Å². The van der Waals surface area contributed by atoms with Crippen LogP contribution in [0.15, 0.2) is 71.3 Å². The van der Waals surface area contributed by atoms with Crippen LogP contribution in [0.1, 0.15) is 11.5 Å². The lowest BCUT2D eigenvalue weighted by Crippen LogP contribution is -2.51. The number of amides is 1. The Bertz CT molecular complexity index is 1610. The summed E-state index contributed by atoms with van der Waals surface area (Å²) in [6.45, 7) is 4.78. The molecule has 2 aliphatic heterocycles. The Morgan fingerprint density at radius 3 is 2.45 bits per heavy atom. The number of hydrogen-bond donors (Lipinski definition) is 0.